The van der Waals surface area contributed by atoms with E-state index in [4.69, 9.17) is 0 Å². The second-order valence-electron chi connectivity index (χ2n) is 6.55. The maximum absolute atomic E-state index is 11.8. The average Bonchev–Trinajstić information content (AvgIpc) is 3.17. The molecule has 8 heteroatoms. The van der Waals surface area contributed by atoms with Crippen molar-refractivity contribution >= 4 is 33.4 Å². The molecule has 3 aromatic rings. The lowest BCUT2D eigenvalue weighted by Gasteiger charge is -2.34. The number of nitrogens with one attached hydrogen (secondary N) is 1. The van der Waals surface area contributed by atoms with E-state index in [1.54, 1.807) is 23.7 Å². The number of nitrogens with zero attached hydrogens (tertiary/aromatic N) is 5. The number of hydrogen-bond acceptors (Lipinski definition) is 7. The molecule has 1 aromatic carbocycles. The Labute approximate surface area is 162 Å². The maximum Gasteiger partial charge on any atom is 0.254 e. The minimum absolute atomic E-state index is 0.133. The normalized spacial score (nSPS) is 15.2. The number of benzene rings is 1. The molecule has 0 atom stereocenters. The fraction of sp³-hybridized carbons (Fsp3) is 0.368. The molecule has 3 heterocycles. The zero-order valence-corrected chi connectivity index (χ0v) is 16.1. The third kappa shape index (κ3) is 4.06. The molecule has 1 saturated heterocycles. The van der Waals surface area contributed by atoms with E-state index < -0.39 is 0 Å². The highest BCUT2D eigenvalue weighted by Crippen LogP contribution is 2.20. The summed E-state index contributed by atoms with van der Waals surface area (Å²) in [6, 6.07) is 6.53. The Morgan fingerprint density at radius 1 is 1.15 bits per heavy atom. The number of hydrogen-bond donors (Lipinski definition) is 1. The highest BCUT2D eigenvalue weighted by molar-refractivity contribution is 7.16. The number of carbonyl (C=O) groups is 1. The van der Waals surface area contributed by atoms with Gasteiger partial charge < -0.3 is 10.2 Å². The molecular weight excluding hydrogens is 360 g/mol. The summed E-state index contributed by atoms with van der Waals surface area (Å²) < 4.78 is 1.23. The third-order valence-corrected chi connectivity index (χ3v) is 5.50. The lowest BCUT2D eigenvalue weighted by atomic mass is 10.2. The van der Waals surface area contributed by atoms with Crippen LogP contribution in [0.4, 0.5) is 5.95 Å². The summed E-state index contributed by atoms with van der Waals surface area (Å²) in [6.07, 6.45) is 3.20. The minimum atomic E-state index is -0.133. The van der Waals surface area contributed by atoms with Crippen LogP contribution in [0.5, 0.6) is 0 Å². The Bertz CT molecular complexity index is 917. The van der Waals surface area contributed by atoms with Gasteiger partial charge in [0.15, 0.2) is 0 Å². The first-order valence-electron chi connectivity index (χ1n) is 9.12. The molecule has 0 unspecified atom stereocenters. The van der Waals surface area contributed by atoms with Gasteiger partial charge >= 0.3 is 0 Å². The number of thiazole rings is 1. The smallest absolute Gasteiger partial charge is 0.254 e. The molecule has 2 aromatic heterocycles. The Morgan fingerprint density at radius 3 is 2.67 bits per heavy atom. The summed E-state index contributed by atoms with van der Waals surface area (Å²) in [7, 11) is 0. The molecule has 140 valence electrons. The van der Waals surface area contributed by atoms with Crippen LogP contribution in [0.3, 0.4) is 0 Å². The lowest BCUT2D eigenvalue weighted by Crippen LogP contribution is -2.46. The van der Waals surface area contributed by atoms with Gasteiger partial charge in [0.1, 0.15) is 0 Å². The Balaban J connectivity index is 1.33. The van der Waals surface area contributed by atoms with Crippen LogP contribution in [0.1, 0.15) is 22.8 Å². The highest BCUT2D eigenvalue weighted by atomic mass is 32.1. The van der Waals surface area contributed by atoms with Crippen molar-refractivity contribution in [1.29, 1.82) is 0 Å². The van der Waals surface area contributed by atoms with Crippen LogP contribution in [0, 0.1) is 0 Å². The van der Waals surface area contributed by atoms with Crippen molar-refractivity contribution in [3.63, 3.8) is 0 Å². The van der Waals surface area contributed by atoms with Gasteiger partial charge in [-0.3, -0.25) is 9.69 Å². The molecule has 1 aliphatic rings. The van der Waals surface area contributed by atoms with Gasteiger partial charge in [-0.2, -0.15) is 0 Å². The highest BCUT2D eigenvalue weighted by Gasteiger charge is 2.19. The third-order valence-electron chi connectivity index (χ3n) is 4.69. The zero-order valence-electron chi connectivity index (χ0n) is 15.3. The first kappa shape index (κ1) is 17.8. The van der Waals surface area contributed by atoms with Crippen molar-refractivity contribution in [2.75, 3.05) is 37.6 Å². The molecule has 1 amide bonds. The number of anilines is 1. The van der Waals surface area contributed by atoms with Gasteiger partial charge in [0, 0.05) is 51.7 Å². The fourth-order valence-corrected chi connectivity index (χ4v) is 3.89. The molecule has 0 spiro atoms. The van der Waals surface area contributed by atoms with E-state index in [1.165, 1.54) is 10.3 Å². The summed E-state index contributed by atoms with van der Waals surface area (Å²) in [6.45, 7) is 7.07. The van der Waals surface area contributed by atoms with Crippen molar-refractivity contribution in [3.8, 4) is 0 Å². The topological polar surface area (TPSA) is 74.2 Å². The Morgan fingerprint density at radius 2 is 1.93 bits per heavy atom. The van der Waals surface area contributed by atoms with E-state index in [9.17, 15) is 4.79 Å². The molecule has 4 rings (SSSR count). The molecular formula is C19H22N6OS. The van der Waals surface area contributed by atoms with Crippen LogP contribution in [0.2, 0.25) is 0 Å². The van der Waals surface area contributed by atoms with E-state index in [2.05, 4.69) is 48.3 Å². The predicted octanol–water partition coefficient (Wildman–Crippen LogP) is 2.16. The molecule has 1 aliphatic heterocycles. The fourth-order valence-electron chi connectivity index (χ4n) is 3.23. The van der Waals surface area contributed by atoms with E-state index in [0.29, 0.717) is 18.1 Å². The lowest BCUT2D eigenvalue weighted by molar-refractivity contribution is 0.0955. The molecule has 1 N–H and O–H groups in total. The van der Waals surface area contributed by atoms with Gasteiger partial charge in [-0.05, 0) is 24.6 Å². The van der Waals surface area contributed by atoms with E-state index >= 15 is 0 Å². The second kappa shape index (κ2) is 7.98. The summed E-state index contributed by atoms with van der Waals surface area (Å²) in [5, 5.41) is 2.76. The van der Waals surface area contributed by atoms with Gasteiger partial charge in [0.05, 0.1) is 21.3 Å². The molecule has 0 aliphatic carbocycles. The van der Waals surface area contributed by atoms with Crippen LogP contribution in [0.15, 0.2) is 36.1 Å². The summed E-state index contributed by atoms with van der Waals surface area (Å²) in [4.78, 5) is 29.5. The number of amides is 1. The van der Waals surface area contributed by atoms with Crippen molar-refractivity contribution in [1.82, 2.24) is 25.2 Å². The van der Waals surface area contributed by atoms with E-state index in [0.717, 1.165) is 38.2 Å². The summed E-state index contributed by atoms with van der Waals surface area (Å²) in [5.41, 5.74) is 4.77. The number of piperazine rings is 1. The quantitative estimate of drug-likeness (QED) is 0.729. The second-order valence-corrected chi connectivity index (χ2v) is 7.44. The first-order valence-corrected chi connectivity index (χ1v) is 10.0. The number of rotatable bonds is 5. The number of fused-ring (bicyclic) bond motifs is 1. The van der Waals surface area contributed by atoms with Gasteiger partial charge in [0.25, 0.3) is 5.91 Å². The molecule has 7 nitrogen and oxygen atoms in total. The number of aromatic nitrogens is 3. The zero-order chi connectivity index (χ0) is 18.6. The van der Waals surface area contributed by atoms with Crippen LogP contribution < -0.4 is 10.2 Å². The first-order chi connectivity index (χ1) is 13.2. The van der Waals surface area contributed by atoms with Crippen molar-refractivity contribution < 1.29 is 4.79 Å². The van der Waals surface area contributed by atoms with E-state index in [-0.39, 0.29) is 5.91 Å². The van der Waals surface area contributed by atoms with Crippen molar-refractivity contribution in [2.45, 2.75) is 13.5 Å². The molecule has 0 saturated carbocycles. The number of carbonyl (C=O) groups excluding carboxylic acids is 1. The van der Waals surface area contributed by atoms with E-state index in [1.807, 2.05) is 12.4 Å². The van der Waals surface area contributed by atoms with Gasteiger partial charge in [-0.15, -0.1) is 11.3 Å². The summed E-state index contributed by atoms with van der Waals surface area (Å²) >= 11 is 1.68. The predicted molar refractivity (Wildman–Crippen MR) is 107 cm³/mol. The largest absolute Gasteiger partial charge is 0.352 e. The van der Waals surface area contributed by atoms with Crippen molar-refractivity contribution in [3.05, 3.63) is 47.2 Å². The van der Waals surface area contributed by atoms with Crippen LogP contribution in [-0.2, 0) is 6.54 Å². The minimum Gasteiger partial charge on any atom is -0.352 e. The Kier molecular flexibility index (Phi) is 5.26. The standard InChI is InChI=1S/C19H22N6OS/c1-2-20-18(26)15-10-21-19(22-11-15)25-7-5-24(6-8-25)12-14-3-4-17-16(9-14)23-13-27-17/h3-4,9-11,13H,2,5-8,12H2,1H3,(H,20,26). The summed E-state index contributed by atoms with van der Waals surface area (Å²) in [5.74, 6) is 0.553. The molecule has 1 fully saturated rings. The molecule has 0 radical (unpaired) electrons. The van der Waals surface area contributed by atoms with Crippen LogP contribution >= 0.6 is 11.3 Å². The molecule has 27 heavy (non-hydrogen) atoms. The van der Waals surface area contributed by atoms with Crippen LogP contribution in [-0.4, -0.2) is 58.5 Å². The monoisotopic (exact) mass is 382 g/mol. The maximum atomic E-state index is 11.8. The van der Waals surface area contributed by atoms with Gasteiger partial charge in [-0.25, -0.2) is 15.0 Å². The average molecular weight is 382 g/mol. The van der Waals surface area contributed by atoms with Crippen molar-refractivity contribution in [2.24, 2.45) is 0 Å². The van der Waals surface area contributed by atoms with Crippen LogP contribution in [0.25, 0.3) is 10.2 Å². The molecule has 0 bridgehead atoms. The van der Waals surface area contributed by atoms with Gasteiger partial charge in [0.2, 0.25) is 5.95 Å². The Hall–Kier alpha value is -2.58. The SMILES string of the molecule is CCNC(=O)c1cnc(N2CCN(Cc3ccc4scnc4c3)CC2)nc1. The van der Waals surface area contributed by atoms with Gasteiger partial charge in [-0.1, -0.05) is 6.07 Å².